The largest absolute Gasteiger partial charge is 0.504 e. The molecule has 16 heavy (non-hydrogen) atoms. The number of nitrogens with one attached hydrogen (secondary N) is 1. The number of ether oxygens (including phenoxy) is 1. The number of hydrogen-bond acceptors (Lipinski definition) is 4. The molecule has 0 spiro atoms. The van der Waals surface area contributed by atoms with Crippen LogP contribution in [0.25, 0.3) is 0 Å². The summed E-state index contributed by atoms with van der Waals surface area (Å²) >= 11 is 0. The Morgan fingerprint density at radius 3 is 2.69 bits per heavy atom. The molecule has 0 radical (unpaired) electrons. The smallest absolute Gasteiger partial charge is 0.196 e. The number of likely N-dealkylation sites (N-methyl/N-ethyl adjacent to an activating group) is 1. The Hall–Kier alpha value is -1.33. The second-order valence-corrected chi connectivity index (χ2v) is 3.53. The molecule has 1 unspecified atom stereocenters. The fourth-order valence-corrected chi connectivity index (χ4v) is 1.57. The first-order valence-corrected chi connectivity index (χ1v) is 4.91. The predicted molar refractivity (Wildman–Crippen MR) is 58.2 cm³/mol. The molecule has 0 aliphatic carbocycles. The number of aromatic hydroxyl groups is 1. The van der Waals surface area contributed by atoms with Crippen molar-refractivity contribution in [2.75, 3.05) is 20.7 Å². The lowest BCUT2D eigenvalue weighted by molar-refractivity contribution is 0.175. The van der Waals surface area contributed by atoms with Gasteiger partial charge in [0, 0.05) is 12.1 Å². The molecule has 0 aromatic heterocycles. The van der Waals surface area contributed by atoms with Gasteiger partial charge in [0.1, 0.15) is 0 Å². The maximum Gasteiger partial charge on any atom is 0.196 e. The van der Waals surface area contributed by atoms with Crippen molar-refractivity contribution in [1.29, 1.82) is 0 Å². The number of phenols is 1. The van der Waals surface area contributed by atoms with E-state index in [2.05, 4.69) is 5.32 Å². The van der Waals surface area contributed by atoms with Gasteiger partial charge in [-0.3, -0.25) is 0 Å². The van der Waals surface area contributed by atoms with E-state index in [1.807, 2.05) is 0 Å². The Bertz CT molecular complexity index is 382. The molecule has 1 atom stereocenters. The molecule has 0 aliphatic rings. The average molecular weight is 229 g/mol. The summed E-state index contributed by atoms with van der Waals surface area (Å²) in [6.45, 7) is 1.89. The monoisotopic (exact) mass is 229 g/mol. The Morgan fingerprint density at radius 2 is 2.19 bits per heavy atom. The van der Waals surface area contributed by atoms with Crippen molar-refractivity contribution >= 4 is 0 Å². The van der Waals surface area contributed by atoms with Crippen LogP contribution in [0.1, 0.15) is 17.2 Å². The van der Waals surface area contributed by atoms with Gasteiger partial charge in [-0.2, -0.15) is 0 Å². The van der Waals surface area contributed by atoms with Gasteiger partial charge in [-0.05, 0) is 25.6 Å². The molecule has 0 amide bonds. The van der Waals surface area contributed by atoms with E-state index in [4.69, 9.17) is 4.74 Å². The fraction of sp³-hybridized carbons (Fsp3) is 0.455. The standard InChI is InChI=1S/C11H16FNO3/c1-6-7(9(14)5-13-2)4-8(12)11(16-3)10(6)15/h4,9,13-15H,5H2,1-3H3. The zero-order valence-electron chi connectivity index (χ0n) is 9.54. The van der Waals surface area contributed by atoms with Gasteiger partial charge in [-0.25, -0.2) is 4.39 Å². The van der Waals surface area contributed by atoms with Gasteiger partial charge < -0.3 is 20.3 Å². The lowest BCUT2D eigenvalue weighted by Crippen LogP contribution is -2.17. The topological polar surface area (TPSA) is 61.7 Å². The van der Waals surface area contributed by atoms with Gasteiger partial charge in [0.15, 0.2) is 17.3 Å². The van der Waals surface area contributed by atoms with Crippen molar-refractivity contribution in [2.45, 2.75) is 13.0 Å². The molecule has 1 aromatic carbocycles. The molecular weight excluding hydrogens is 213 g/mol. The minimum absolute atomic E-state index is 0.196. The number of methoxy groups -OCH3 is 1. The highest BCUT2D eigenvalue weighted by Crippen LogP contribution is 2.36. The lowest BCUT2D eigenvalue weighted by Gasteiger charge is -2.16. The summed E-state index contributed by atoms with van der Waals surface area (Å²) in [5.74, 6) is -1.15. The second-order valence-electron chi connectivity index (χ2n) is 3.53. The van der Waals surface area contributed by atoms with Crippen molar-refractivity contribution < 1.29 is 19.3 Å². The number of benzene rings is 1. The first-order chi connectivity index (χ1) is 7.52. The third-order valence-corrected chi connectivity index (χ3v) is 2.46. The number of rotatable bonds is 4. The summed E-state index contributed by atoms with van der Waals surface area (Å²) in [7, 11) is 2.96. The van der Waals surface area contributed by atoms with E-state index >= 15 is 0 Å². The number of phenolic OH excluding ortho intramolecular Hbond substituents is 1. The molecule has 0 saturated carbocycles. The number of aliphatic hydroxyl groups is 1. The van der Waals surface area contributed by atoms with Gasteiger partial charge >= 0.3 is 0 Å². The van der Waals surface area contributed by atoms with Crippen LogP contribution in [0.5, 0.6) is 11.5 Å². The van der Waals surface area contributed by atoms with Gasteiger partial charge in [-0.1, -0.05) is 0 Å². The molecule has 0 aliphatic heterocycles. The summed E-state index contributed by atoms with van der Waals surface area (Å²) < 4.78 is 18.2. The normalized spacial score (nSPS) is 12.6. The van der Waals surface area contributed by atoms with Crippen molar-refractivity contribution in [3.8, 4) is 11.5 Å². The van der Waals surface area contributed by atoms with Crippen LogP contribution in [0.3, 0.4) is 0 Å². The van der Waals surface area contributed by atoms with Crippen molar-refractivity contribution in [3.63, 3.8) is 0 Å². The molecule has 90 valence electrons. The molecule has 4 nitrogen and oxygen atoms in total. The quantitative estimate of drug-likeness (QED) is 0.723. The number of aliphatic hydroxyl groups excluding tert-OH is 1. The van der Waals surface area contributed by atoms with Crippen LogP contribution in [0.4, 0.5) is 4.39 Å². The fourth-order valence-electron chi connectivity index (χ4n) is 1.57. The Labute approximate surface area is 93.7 Å². The van der Waals surface area contributed by atoms with Gasteiger partial charge in [-0.15, -0.1) is 0 Å². The first-order valence-electron chi connectivity index (χ1n) is 4.91. The van der Waals surface area contributed by atoms with Crippen molar-refractivity contribution in [1.82, 2.24) is 5.32 Å². The van der Waals surface area contributed by atoms with Crippen molar-refractivity contribution in [2.24, 2.45) is 0 Å². The summed E-state index contributed by atoms with van der Waals surface area (Å²) in [4.78, 5) is 0. The van der Waals surface area contributed by atoms with Gasteiger partial charge in [0.05, 0.1) is 13.2 Å². The summed E-state index contributed by atoms with van der Waals surface area (Å²) in [5.41, 5.74) is 0.770. The van der Waals surface area contributed by atoms with E-state index < -0.39 is 11.9 Å². The Morgan fingerprint density at radius 1 is 1.56 bits per heavy atom. The van der Waals surface area contributed by atoms with Gasteiger partial charge in [0.2, 0.25) is 0 Å². The number of halogens is 1. The van der Waals surface area contributed by atoms with Crippen LogP contribution in [-0.4, -0.2) is 30.9 Å². The summed E-state index contributed by atoms with van der Waals surface area (Å²) in [6, 6.07) is 1.18. The molecule has 1 aromatic rings. The molecule has 0 bridgehead atoms. The third-order valence-electron chi connectivity index (χ3n) is 2.46. The first kappa shape index (κ1) is 12.7. The maximum atomic E-state index is 13.5. The zero-order valence-corrected chi connectivity index (χ0v) is 9.54. The highest BCUT2D eigenvalue weighted by Gasteiger charge is 2.19. The average Bonchev–Trinajstić information content (AvgIpc) is 2.24. The minimum Gasteiger partial charge on any atom is -0.504 e. The predicted octanol–water partition coefficient (Wildman–Crippen LogP) is 1.10. The van der Waals surface area contributed by atoms with Crippen LogP contribution in [0.2, 0.25) is 0 Å². The highest BCUT2D eigenvalue weighted by molar-refractivity contribution is 5.50. The summed E-state index contributed by atoms with van der Waals surface area (Å²) in [5, 5.41) is 22.2. The van der Waals surface area contributed by atoms with Crippen molar-refractivity contribution in [3.05, 3.63) is 23.0 Å². The Kier molecular flexibility index (Phi) is 4.09. The zero-order chi connectivity index (χ0) is 12.3. The van der Waals surface area contributed by atoms with E-state index in [0.717, 1.165) is 0 Å². The third kappa shape index (κ3) is 2.25. The maximum absolute atomic E-state index is 13.5. The molecule has 0 fully saturated rings. The van der Waals surface area contributed by atoms with Crippen LogP contribution in [-0.2, 0) is 0 Å². The SMILES string of the molecule is CNCC(O)c1cc(F)c(OC)c(O)c1C. The second kappa shape index (κ2) is 5.14. The van der Waals surface area contributed by atoms with E-state index in [0.29, 0.717) is 11.1 Å². The molecule has 3 N–H and O–H groups in total. The summed E-state index contributed by atoms with van der Waals surface area (Å²) in [6.07, 6.45) is -0.865. The van der Waals surface area contributed by atoms with Crippen LogP contribution >= 0.6 is 0 Å². The van der Waals surface area contributed by atoms with Crippen LogP contribution in [0, 0.1) is 12.7 Å². The van der Waals surface area contributed by atoms with E-state index in [9.17, 15) is 14.6 Å². The van der Waals surface area contributed by atoms with E-state index in [1.165, 1.54) is 13.2 Å². The van der Waals surface area contributed by atoms with E-state index in [-0.39, 0.29) is 18.0 Å². The highest BCUT2D eigenvalue weighted by atomic mass is 19.1. The molecule has 5 heteroatoms. The van der Waals surface area contributed by atoms with Gasteiger partial charge in [0.25, 0.3) is 0 Å². The molecular formula is C11H16FNO3. The molecule has 0 saturated heterocycles. The lowest BCUT2D eigenvalue weighted by atomic mass is 10.0. The molecule has 1 rings (SSSR count). The van der Waals surface area contributed by atoms with E-state index in [1.54, 1.807) is 14.0 Å². The minimum atomic E-state index is -0.865. The molecule has 0 heterocycles. The Balaban J connectivity index is 3.22. The number of hydrogen-bond donors (Lipinski definition) is 3. The van der Waals surface area contributed by atoms with Crippen LogP contribution in [0.15, 0.2) is 6.07 Å². The van der Waals surface area contributed by atoms with Crippen LogP contribution < -0.4 is 10.1 Å².